The van der Waals surface area contributed by atoms with Gasteiger partial charge in [0.2, 0.25) is 0 Å². The van der Waals surface area contributed by atoms with Crippen molar-refractivity contribution in [2.45, 2.75) is 13.0 Å². The first-order chi connectivity index (χ1) is 10.2. The monoisotopic (exact) mass is 301 g/mol. The molecule has 0 fully saturated rings. The molecule has 0 aliphatic carbocycles. The second-order valence-electron chi connectivity index (χ2n) is 4.59. The molecule has 0 atom stereocenters. The second-order valence-corrected chi connectivity index (χ2v) is 5.59. The van der Waals surface area contributed by atoms with E-state index in [0.717, 1.165) is 23.5 Å². The summed E-state index contributed by atoms with van der Waals surface area (Å²) in [5, 5.41) is 10.8. The van der Waals surface area contributed by atoms with Crippen molar-refractivity contribution >= 4 is 17.0 Å². The third-order valence-electron chi connectivity index (χ3n) is 3.08. The van der Waals surface area contributed by atoms with Crippen LogP contribution in [-0.2, 0) is 6.54 Å². The number of aliphatic hydroxyl groups excluding tert-OH is 1. The van der Waals surface area contributed by atoms with Gasteiger partial charge in [-0.2, -0.15) is 0 Å². The summed E-state index contributed by atoms with van der Waals surface area (Å²) in [7, 11) is 3.73. The van der Waals surface area contributed by atoms with E-state index in [2.05, 4.69) is 35.2 Å². The Morgan fingerprint density at radius 1 is 1.33 bits per heavy atom. The lowest BCUT2D eigenvalue weighted by atomic mass is 10.2. The highest BCUT2D eigenvalue weighted by Gasteiger charge is 2.07. The summed E-state index contributed by atoms with van der Waals surface area (Å²) in [6.07, 6.45) is 0.515. The average molecular weight is 301 g/mol. The molecule has 110 valence electrons. The highest BCUT2D eigenvalue weighted by atomic mass is 32.1. The van der Waals surface area contributed by atoms with Crippen LogP contribution in [0.4, 0.5) is 5.69 Å². The van der Waals surface area contributed by atoms with Crippen molar-refractivity contribution in [2.75, 3.05) is 25.7 Å². The molecular formula is C17H19NO2S. The van der Waals surface area contributed by atoms with E-state index in [1.54, 1.807) is 18.4 Å². The van der Waals surface area contributed by atoms with Crippen molar-refractivity contribution in [3.63, 3.8) is 0 Å². The standard InChI is InChI=1S/C17H19NO2S/c1-18(15-7-5-8-16(12-15)20-2)13-17-14(9-11-21-17)6-3-4-10-19/h5,7-9,11-12,19H,4,10,13H2,1-2H3. The lowest BCUT2D eigenvalue weighted by Gasteiger charge is -2.19. The van der Waals surface area contributed by atoms with Crippen LogP contribution in [0.1, 0.15) is 16.9 Å². The van der Waals surface area contributed by atoms with Crippen LogP contribution >= 0.6 is 11.3 Å². The number of aliphatic hydroxyl groups is 1. The van der Waals surface area contributed by atoms with Crippen LogP contribution in [-0.4, -0.2) is 25.9 Å². The van der Waals surface area contributed by atoms with Gasteiger partial charge in [0.25, 0.3) is 0 Å². The van der Waals surface area contributed by atoms with Gasteiger partial charge in [-0.15, -0.1) is 11.3 Å². The molecule has 1 N–H and O–H groups in total. The van der Waals surface area contributed by atoms with E-state index in [9.17, 15) is 0 Å². The van der Waals surface area contributed by atoms with Crippen molar-refractivity contribution in [1.29, 1.82) is 0 Å². The third kappa shape index (κ3) is 4.25. The first-order valence-electron chi connectivity index (χ1n) is 6.76. The Hall–Kier alpha value is -1.96. The lowest BCUT2D eigenvalue weighted by molar-refractivity contribution is 0.305. The number of ether oxygens (including phenoxy) is 1. The molecule has 0 radical (unpaired) electrons. The predicted molar refractivity (Wildman–Crippen MR) is 88.0 cm³/mol. The molecule has 0 aliphatic rings. The van der Waals surface area contributed by atoms with Crippen LogP contribution in [0.3, 0.4) is 0 Å². The molecule has 0 spiro atoms. The molecule has 0 amide bonds. The van der Waals surface area contributed by atoms with E-state index in [-0.39, 0.29) is 6.61 Å². The molecular weight excluding hydrogens is 282 g/mol. The lowest BCUT2D eigenvalue weighted by Crippen LogP contribution is -2.16. The Balaban J connectivity index is 2.11. The first-order valence-corrected chi connectivity index (χ1v) is 7.64. The van der Waals surface area contributed by atoms with E-state index < -0.39 is 0 Å². The fourth-order valence-electron chi connectivity index (χ4n) is 1.94. The number of benzene rings is 1. The smallest absolute Gasteiger partial charge is 0.120 e. The minimum absolute atomic E-state index is 0.107. The van der Waals surface area contributed by atoms with Crippen LogP contribution in [0, 0.1) is 11.8 Å². The van der Waals surface area contributed by atoms with E-state index >= 15 is 0 Å². The van der Waals surface area contributed by atoms with Crippen LogP contribution in [0.2, 0.25) is 0 Å². The van der Waals surface area contributed by atoms with Crippen LogP contribution in [0.5, 0.6) is 5.75 Å². The summed E-state index contributed by atoms with van der Waals surface area (Å²) in [6, 6.07) is 10.0. The van der Waals surface area contributed by atoms with Crippen LogP contribution in [0.15, 0.2) is 35.7 Å². The highest BCUT2D eigenvalue weighted by Crippen LogP contribution is 2.24. The van der Waals surface area contributed by atoms with Crippen LogP contribution in [0.25, 0.3) is 0 Å². The van der Waals surface area contributed by atoms with Gasteiger partial charge in [0.15, 0.2) is 0 Å². The van der Waals surface area contributed by atoms with Crippen LogP contribution < -0.4 is 9.64 Å². The molecule has 0 saturated carbocycles. The van der Waals surface area contributed by atoms with Gasteiger partial charge in [-0.3, -0.25) is 0 Å². The van der Waals surface area contributed by atoms with Gasteiger partial charge in [-0.1, -0.05) is 17.9 Å². The molecule has 1 heterocycles. The van der Waals surface area contributed by atoms with E-state index in [4.69, 9.17) is 9.84 Å². The minimum Gasteiger partial charge on any atom is -0.497 e. The van der Waals surface area contributed by atoms with E-state index in [1.807, 2.05) is 24.3 Å². The highest BCUT2D eigenvalue weighted by molar-refractivity contribution is 7.10. The molecule has 0 bridgehead atoms. The maximum Gasteiger partial charge on any atom is 0.120 e. The molecule has 0 saturated heterocycles. The molecule has 3 nitrogen and oxygen atoms in total. The normalized spacial score (nSPS) is 9.86. The summed E-state index contributed by atoms with van der Waals surface area (Å²) < 4.78 is 5.26. The number of methoxy groups -OCH3 is 1. The predicted octanol–water partition coefficient (Wildman–Crippen LogP) is 3.13. The summed E-state index contributed by atoms with van der Waals surface area (Å²) in [6.45, 7) is 0.907. The molecule has 1 aromatic carbocycles. The number of hydrogen-bond donors (Lipinski definition) is 1. The van der Waals surface area contributed by atoms with E-state index in [0.29, 0.717) is 6.42 Å². The zero-order valence-electron chi connectivity index (χ0n) is 12.3. The Bertz CT molecular complexity index is 639. The topological polar surface area (TPSA) is 32.7 Å². The maximum atomic E-state index is 8.79. The maximum absolute atomic E-state index is 8.79. The number of thiophene rings is 1. The third-order valence-corrected chi connectivity index (χ3v) is 3.99. The summed E-state index contributed by atoms with van der Waals surface area (Å²) in [5.74, 6) is 6.95. The average Bonchev–Trinajstić information content (AvgIpc) is 2.95. The Morgan fingerprint density at radius 2 is 2.19 bits per heavy atom. The molecule has 4 heteroatoms. The fourth-order valence-corrected chi connectivity index (χ4v) is 2.83. The minimum atomic E-state index is 0.107. The van der Waals surface area contributed by atoms with Crippen molar-refractivity contribution < 1.29 is 9.84 Å². The van der Waals surface area contributed by atoms with Gasteiger partial charge >= 0.3 is 0 Å². The number of nitrogens with zero attached hydrogens (tertiary/aromatic N) is 1. The SMILES string of the molecule is COc1cccc(N(C)Cc2sccc2C#CCCO)c1. The Kier molecular flexibility index (Phi) is 5.68. The quantitative estimate of drug-likeness (QED) is 0.861. The first kappa shape index (κ1) is 15.4. The summed E-state index contributed by atoms with van der Waals surface area (Å²) in [5.41, 5.74) is 2.15. The second kappa shape index (κ2) is 7.72. The van der Waals surface area contributed by atoms with E-state index in [1.165, 1.54) is 4.88 Å². The Morgan fingerprint density at radius 3 is 2.95 bits per heavy atom. The molecule has 2 rings (SSSR count). The number of hydrogen-bond acceptors (Lipinski definition) is 4. The molecule has 1 aromatic heterocycles. The summed E-state index contributed by atoms with van der Waals surface area (Å²) in [4.78, 5) is 3.40. The molecule has 0 aliphatic heterocycles. The van der Waals surface area contributed by atoms with Crippen molar-refractivity contribution in [1.82, 2.24) is 0 Å². The zero-order chi connectivity index (χ0) is 15.1. The number of rotatable bonds is 5. The largest absolute Gasteiger partial charge is 0.497 e. The Labute approximate surface area is 129 Å². The molecule has 2 aromatic rings. The van der Waals surface area contributed by atoms with Gasteiger partial charge in [0.05, 0.1) is 20.3 Å². The van der Waals surface area contributed by atoms with Gasteiger partial charge in [0.1, 0.15) is 5.75 Å². The van der Waals surface area contributed by atoms with Gasteiger partial charge < -0.3 is 14.7 Å². The van der Waals surface area contributed by atoms with Crippen molar-refractivity contribution in [3.8, 4) is 17.6 Å². The van der Waals surface area contributed by atoms with Gasteiger partial charge in [0, 0.05) is 35.7 Å². The fraction of sp³-hybridized carbons (Fsp3) is 0.294. The van der Waals surface area contributed by atoms with Gasteiger partial charge in [-0.25, -0.2) is 0 Å². The van der Waals surface area contributed by atoms with Gasteiger partial charge in [-0.05, 0) is 23.6 Å². The van der Waals surface area contributed by atoms with Crippen molar-refractivity contribution in [3.05, 3.63) is 46.2 Å². The molecule has 0 unspecified atom stereocenters. The number of anilines is 1. The summed E-state index contributed by atoms with van der Waals surface area (Å²) >= 11 is 1.70. The zero-order valence-corrected chi connectivity index (χ0v) is 13.1. The van der Waals surface area contributed by atoms with Crippen molar-refractivity contribution in [2.24, 2.45) is 0 Å². The molecule has 21 heavy (non-hydrogen) atoms.